The van der Waals surface area contributed by atoms with Gasteiger partial charge in [0.05, 0.1) is 7.05 Å². The molecule has 0 aliphatic rings. The summed E-state index contributed by atoms with van der Waals surface area (Å²) < 4.78 is 0. The number of nitrogens with one attached hydrogen (secondary N) is 1. The molecule has 0 fully saturated rings. The molecule has 0 radical (unpaired) electrons. The minimum absolute atomic E-state index is 0.318. The van der Waals surface area contributed by atoms with E-state index in [1.807, 2.05) is 18.2 Å². The molecule has 0 heterocycles. The van der Waals surface area contributed by atoms with E-state index in [2.05, 4.69) is 15.7 Å². The quantitative estimate of drug-likeness (QED) is 0.566. The van der Waals surface area contributed by atoms with Crippen LogP contribution in [0.5, 0.6) is 0 Å². The first kappa shape index (κ1) is 10.2. The molecule has 1 N–H and O–H groups in total. The van der Waals surface area contributed by atoms with Gasteiger partial charge in [0.1, 0.15) is 0 Å². The molecule has 0 aliphatic carbocycles. The van der Waals surface area contributed by atoms with Gasteiger partial charge in [0.15, 0.2) is 0 Å². The van der Waals surface area contributed by atoms with Crippen LogP contribution in [0.25, 0.3) is 0 Å². The van der Waals surface area contributed by atoms with E-state index in [-0.39, 0.29) is 6.03 Å². The lowest BCUT2D eigenvalue weighted by Crippen LogP contribution is -2.26. The highest BCUT2D eigenvalue weighted by Gasteiger charge is 2.06. The topological polar surface area (TPSA) is 57.1 Å². The van der Waals surface area contributed by atoms with Crippen LogP contribution in [0.3, 0.4) is 0 Å². The highest BCUT2D eigenvalue weighted by molar-refractivity contribution is 5.88. The first-order chi connectivity index (χ1) is 6.74. The van der Waals surface area contributed by atoms with Crippen molar-refractivity contribution in [2.24, 2.45) is 10.3 Å². The van der Waals surface area contributed by atoms with E-state index >= 15 is 0 Å². The summed E-state index contributed by atoms with van der Waals surface area (Å²) >= 11 is 0. The number of rotatable bonds is 2. The molecule has 5 nitrogen and oxygen atoms in total. The van der Waals surface area contributed by atoms with E-state index in [0.717, 1.165) is 10.7 Å². The summed E-state index contributed by atoms with van der Waals surface area (Å²) in [5.74, 6) is 0. The van der Waals surface area contributed by atoms with Crippen molar-refractivity contribution in [3.05, 3.63) is 30.3 Å². The predicted octanol–water partition coefficient (Wildman–Crippen LogP) is 2.15. The number of urea groups is 1. The van der Waals surface area contributed by atoms with E-state index < -0.39 is 0 Å². The van der Waals surface area contributed by atoms with Gasteiger partial charge in [-0.2, -0.15) is 10.1 Å². The number of carbonyl (C=O) groups excluding carboxylic acids is 1. The number of carbonyl (C=O) groups is 1. The molecule has 0 saturated heterocycles. The molecule has 74 valence electrons. The maximum Gasteiger partial charge on any atom is 0.343 e. The summed E-state index contributed by atoms with van der Waals surface area (Å²) in [5, 5.41) is 10.8. The second kappa shape index (κ2) is 4.96. The first-order valence-electron chi connectivity index (χ1n) is 4.13. The van der Waals surface area contributed by atoms with E-state index in [1.54, 1.807) is 12.1 Å². The minimum Gasteiger partial charge on any atom is -0.306 e. The Labute approximate surface area is 82.4 Å². The molecular weight excluding hydrogens is 180 g/mol. The third kappa shape index (κ3) is 2.85. The summed E-state index contributed by atoms with van der Waals surface area (Å²) in [5.41, 5.74) is 0.732. The van der Waals surface area contributed by atoms with Crippen molar-refractivity contribution in [3.63, 3.8) is 0 Å². The van der Waals surface area contributed by atoms with Crippen LogP contribution in [0.15, 0.2) is 40.7 Å². The van der Waals surface area contributed by atoms with Crippen LogP contribution in [-0.4, -0.2) is 25.1 Å². The van der Waals surface area contributed by atoms with Gasteiger partial charge in [0.2, 0.25) is 0 Å². The van der Waals surface area contributed by atoms with Crippen LogP contribution in [-0.2, 0) is 0 Å². The largest absolute Gasteiger partial charge is 0.343 e. The van der Waals surface area contributed by atoms with Crippen molar-refractivity contribution in [2.75, 3.05) is 19.4 Å². The highest BCUT2D eigenvalue weighted by atomic mass is 16.2. The lowest BCUT2D eigenvalue weighted by atomic mass is 10.3. The number of benzene rings is 1. The Balaban J connectivity index is 2.57. The smallest absolute Gasteiger partial charge is 0.306 e. The highest BCUT2D eigenvalue weighted by Crippen LogP contribution is 2.05. The molecule has 0 saturated carbocycles. The Morgan fingerprint density at radius 1 is 1.36 bits per heavy atom. The van der Waals surface area contributed by atoms with Gasteiger partial charge >= 0.3 is 6.03 Å². The monoisotopic (exact) mass is 192 g/mol. The molecule has 0 spiro atoms. The number of anilines is 1. The van der Waals surface area contributed by atoms with E-state index in [9.17, 15) is 4.79 Å². The number of nitrogens with zero attached hydrogens (tertiary/aromatic N) is 3. The van der Waals surface area contributed by atoms with Crippen LogP contribution in [0.4, 0.5) is 10.5 Å². The summed E-state index contributed by atoms with van der Waals surface area (Å²) in [4.78, 5) is 11.4. The molecule has 0 aromatic heterocycles. The van der Waals surface area contributed by atoms with Gasteiger partial charge in [0.25, 0.3) is 0 Å². The van der Waals surface area contributed by atoms with Gasteiger partial charge in [-0.1, -0.05) is 23.4 Å². The van der Waals surface area contributed by atoms with Gasteiger partial charge in [-0.25, -0.2) is 4.79 Å². The average molecular weight is 192 g/mol. The molecule has 5 heteroatoms. The molecule has 0 aliphatic heterocycles. The number of amides is 2. The van der Waals surface area contributed by atoms with Crippen molar-refractivity contribution in [3.8, 4) is 0 Å². The third-order valence-corrected chi connectivity index (χ3v) is 1.54. The predicted molar refractivity (Wildman–Crippen MR) is 54.0 cm³/mol. The average Bonchev–Trinajstić information content (AvgIpc) is 2.19. The molecule has 0 atom stereocenters. The Bertz CT molecular complexity index is 323. The first-order valence-corrected chi connectivity index (χ1v) is 4.13. The van der Waals surface area contributed by atoms with Crippen molar-refractivity contribution in [1.29, 1.82) is 0 Å². The van der Waals surface area contributed by atoms with Crippen LogP contribution in [0, 0.1) is 0 Å². The second-order valence-electron chi connectivity index (χ2n) is 2.61. The van der Waals surface area contributed by atoms with E-state index in [1.165, 1.54) is 14.1 Å². The summed E-state index contributed by atoms with van der Waals surface area (Å²) in [6.45, 7) is 0. The normalized spacial score (nSPS) is 10.1. The van der Waals surface area contributed by atoms with Crippen LogP contribution >= 0.6 is 0 Å². The number of para-hydroxylation sites is 1. The lowest BCUT2D eigenvalue weighted by molar-refractivity contribution is 0.221. The maximum atomic E-state index is 11.4. The van der Waals surface area contributed by atoms with Crippen molar-refractivity contribution in [1.82, 2.24) is 5.01 Å². The Morgan fingerprint density at radius 3 is 2.57 bits per heavy atom. The van der Waals surface area contributed by atoms with Crippen molar-refractivity contribution >= 4 is 11.7 Å². The lowest BCUT2D eigenvalue weighted by Gasteiger charge is -2.10. The van der Waals surface area contributed by atoms with Crippen molar-refractivity contribution < 1.29 is 4.79 Å². The van der Waals surface area contributed by atoms with Gasteiger partial charge in [-0.05, 0) is 12.1 Å². The van der Waals surface area contributed by atoms with Crippen LogP contribution in [0.1, 0.15) is 0 Å². The molecule has 2 amide bonds. The molecular formula is C9H12N4O. The van der Waals surface area contributed by atoms with Gasteiger partial charge < -0.3 is 5.32 Å². The molecule has 1 aromatic rings. The van der Waals surface area contributed by atoms with E-state index in [0.29, 0.717) is 0 Å². The zero-order chi connectivity index (χ0) is 10.4. The molecule has 1 rings (SSSR count). The zero-order valence-corrected chi connectivity index (χ0v) is 8.14. The minimum atomic E-state index is -0.318. The fourth-order valence-corrected chi connectivity index (χ4v) is 0.901. The zero-order valence-electron chi connectivity index (χ0n) is 8.14. The summed E-state index contributed by atoms with van der Waals surface area (Å²) in [7, 11) is 3.04. The fraction of sp³-hybridized carbons (Fsp3) is 0.222. The SMILES string of the molecule is CN=NN(C)C(=O)Nc1ccccc1. The van der Waals surface area contributed by atoms with Crippen molar-refractivity contribution in [2.45, 2.75) is 0 Å². The van der Waals surface area contributed by atoms with Gasteiger partial charge in [-0.3, -0.25) is 0 Å². The molecule has 14 heavy (non-hydrogen) atoms. The molecule has 0 bridgehead atoms. The van der Waals surface area contributed by atoms with Crippen LogP contribution in [0.2, 0.25) is 0 Å². The van der Waals surface area contributed by atoms with Crippen LogP contribution < -0.4 is 5.32 Å². The van der Waals surface area contributed by atoms with Gasteiger partial charge in [0, 0.05) is 12.7 Å². The standard InChI is InChI=1S/C9H12N4O/c1-10-12-13(2)9(14)11-8-6-4-3-5-7-8/h3-7H,1-2H3,(H,11,14). The summed E-state index contributed by atoms with van der Waals surface area (Å²) in [6, 6.07) is 8.85. The Hall–Kier alpha value is -1.91. The molecule has 1 aromatic carbocycles. The number of hydrogen-bond acceptors (Lipinski definition) is 3. The fourth-order valence-electron chi connectivity index (χ4n) is 0.901. The summed E-state index contributed by atoms with van der Waals surface area (Å²) in [6.07, 6.45) is 0. The maximum absolute atomic E-state index is 11.4. The Morgan fingerprint density at radius 2 is 2.00 bits per heavy atom. The third-order valence-electron chi connectivity index (χ3n) is 1.54. The Kier molecular flexibility index (Phi) is 3.60. The molecule has 0 unspecified atom stereocenters. The second-order valence-corrected chi connectivity index (χ2v) is 2.61. The number of hydrogen-bond donors (Lipinski definition) is 1. The van der Waals surface area contributed by atoms with Gasteiger partial charge in [-0.15, -0.1) is 0 Å². The van der Waals surface area contributed by atoms with E-state index in [4.69, 9.17) is 0 Å².